The lowest BCUT2D eigenvalue weighted by molar-refractivity contribution is 0.0532. The van der Waals surface area contributed by atoms with Gasteiger partial charge in [0.05, 0.1) is 0 Å². The molecular formula is C15H30N2. The number of hydrogen-bond acceptors (Lipinski definition) is 2. The van der Waals surface area contributed by atoms with Gasteiger partial charge in [-0.05, 0) is 64.5 Å². The molecule has 2 fully saturated rings. The third-order valence-electron chi connectivity index (χ3n) is 5.55. The molecule has 0 heterocycles. The first-order chi connectivity index (χ1) is 8.03. The molecule has 100 valence electrons. The van der Waals surface area contributed by atoms with Crippen molar-refractivity contribution < 1.29 is 0 Å². The molecule has 2 aliphatic rings. The van der Waals surface area contributed by atoms with Crippen molar-refractivity contribution in [3.05, 3.63) is 0 Å². The van der Waals surface area contributed by atoms with Gasteiger partial charge in [-0.2, -0.15) is 0 Å². The molecule has 0 aliphatic heterocycles. The van der Waals surface area contributed by atoms with Gasteiger partial charge >= 0.3 is 0 Å². The molecule has 0 saturated heterocycles. The molecule has 3 unspecified atom stereocenters. The second-order valence-electron chi connectivity index (χ2n) is 6.82. The third kappa shape index (κ3) is 2.85. The first-order valence-corrected chi connectivity index (χ1v) is 7.44. The zero-order chi connectivity index (χ0) is 12.5. The monoisotopic (exact) mass is 238 g/mol. The number of nitrogens with zero attached hydrogens (tertiary/aromatic N) is 1. The molecule has 2 nitrogen and oxygen atoms in total. The Morgan fingerprint density at radius 3 is 2.29 bits per heavy atom. The normalized spacial score (nSPS) is 36.9. The fourth-order valence-corrected chi connectivity index (χ4v) is 3.43. The van der Waals surface area contributed by atoms with Crippen molar-refractivity contribution in [1.29, 1.82) is 0 Å². The molecule has 2 rings (SSSR count). The van der Waals surface area contributed by atoms with Gasteiger partial charge in [-0.3, -0.25) is 0 Å². The molecule has 0 aromatic rings. The topological polar surface area (TPSA) is 15.3 Å². The van der Waals surface area contributed by atoms with Crippen LogP contribution in [0, 0.1) is 11.8 Å². The van der Waals surface area contributed by atoms with Gasteiger partial charge < -0.3 is 10.2 Å². The fourth-order valence-electron chi connectivity index (χ4n) is 3.43. The van der Waals surface area contributed by atoms with E-state index in [9.17, 15) is 0 Å². The highest BCUT2D eigenvalue weighted by molar-refractivity contribution is 4.98. The Labute approximate surface area is 107 Å². The molecule has 2 heteroatoms. The van der Waals surface area contributed by atoms with Gasteiger partial charge in [0.2, 0.25) is 0 Å². The van der Waals surface area contributed by atoms with E-state index < -0.39 is 0 Å². The number of rotatable bonds is 4. The summed E-state index contributed by atoms with van der Waals surface area (Å²) in [6.07, 6.45) is 8.35. The molecule has 2 aliphatic carbocycles. The summed E-state index contributed by atoms with van der Waals surface area (Å²) in [4.78, 5) is 2.44. The minimum absolute atomic E-state index is 0.478. The lowest BCUT2D eigenvalue weighted by atomic mass is 9.74. The first-order valence-electron chi connectivity index (χ1n) is 7.44. The van der Waals surface area contributed by atoms with Crippen LogP contribution in [0.4, 0.5) is 0 Å². The van der Waals surface area contributed by atoms with Gasteiger partial charge in [0.15, 0.2) is 0 Å². The number of hydrogen-bond donors (Lipinski definition) is 1. The summed E-state index contributed by atoms with van der Waals surface area (Å²) in [6, 6.07) is 0.777. The Hall–Kier alpha value is -0.0800. The molecule has 0 aromatic carbocycles. The minimum atomic E-state index is 0.478. The van der Waals surface area contributed by atoms with E-state index in [1.807, 2.05) is 0 Å². The third-order valence-corrected chi connectivity index (χ3v) is 5.55. The highest BCUT2D eigenvalue weighted by Crippen LogP contribution is 2.36. The van der Waals surface area contributed by atoms with Crippen LogP contribution in [0.1, 0.15) is 52.4 Å². The average Bonchev–Trinajstić information content (AvgIpc) is 2.21. The lowest BCUT2D eigenvalue weighted by Crippen LogP contribution is -2.58. The Kier molecular flexibility index (Phi) is 4.14. The van der Waals surface area contributed by atoms with Crippen LogP contribution in [0.2, 0.25) is 0 Å². The van der Waals surface area contributed by atoms with E-state index in [-0.39, 0.29) is 0 Å². The van der Waals surface area contributed by atoms with E-state index in [2.05, 4.69) is 38.2 Å². The largest absolute Gasteiger partial charge is 0.312 e. The van der Waals surface area contributed by atoms with Crippen LogP contribution in [-0.4, -0.2) is 37.1 Å². The van der Waals surface area contributed by atoms with Gasteiger partial charge in [-0.1, -0.05) is 13.8 Å². The molecular weight excluding hydrogens is 208 g/mol. The van der Waals surface area contributed by atoms with Crippen molar-refractivity contribution in [2.75, 3.05) is 20.6 Å². The summed E-state index contributed by atoms with van der Waals surface area (Å²) in [6.45, 7) is 6.03. The van der Waals surface area contributed by atoms with E-state index in [0.29, 0.717) is 5.54 Å². The molecule has 1 N–H and O–H groups in total. The summed E-state index contributed by atoms with van der Waals surface area (Å²) in [5, 5.41) is 3.86. The first kappa shape index (κ1) is 13.4. The second-order valence-corrected chi connectivity index (χ2v) is 6.82. The van der Waals surface area contributed by atoms with Crippen LogP contribution in [0.5, 0.6) is 0 Å². The highest BCUT2D eigenvalue weighted by Gasteiger charge is 2.39. The Morgan fingerprint density at radius 1 is 1.12 bits per heavy atom. The summed E-state index contributed by atoms with van der Waals surface area (Å²) in [5.41, 5.74) is 0.478. The van der Waals surface area contributed by atoms with Crippen LogP contribution in [0.15, 0.2) is 0 Å². The quantitative estimate of drug-likeness (QED) is 0.810. The van der Waals surface area contributed by atoms with Crippen LogP contribution >= 0.6 is 0 Å². The maximum atomic E-state index is 3.86. The Morgan fingerprint density at radius 2 is 1.82 bits per heavy atom. The molecule has 0 bridgehead atoms. The van der Waals surface area contributed by atoms with Crippen molar-refractivity contribution in [2.45, 2.75) is 64.0 Å². The van der Waals surface area contributed by atoms with Crippen LogP contribution in [0.25, 0.3) is 0 Å². The second kappa shape index (κ2) is 5.27. The van der Waals surface area contributed by atoms with E-state index in [1.54, 1.807) is 0 Å². The van der Waals surface area contributed by atoms with E-state index in [1.165, 1.54) is 45.1 Å². The molecule has 2 saturated carbocycles. The van der Waals surface area contributed by atoms with Gasteiger partial charge in [0, 0.05) is 18.1 Å². The molecule has 0 spiro atoms. The van der Waals surface area contributed by atoms with Crippen molar-refractivity contribution in [2.24, 2.45) is 11.8 Å². The highest BCUT2D eigenvalue weighted by atomic mass is 15.2. The number of nitrogens with one attached hydrogen (secondary N) is 1. The fraction of sp³-hybridized carbons (Fsp3) is 1.00. The maximum Gasteiger partial charge on any atom is 0.0328 e. The predicted molar refractivity (Wildman–Crippen MR) is 74.2 cm³/mol. The van der Waals surface area contributed by atoms with Crippen molar-refractivity contribution in [1.82, 2.24) is 10.2 Å². The van der Waals surface area contributed by atoms with Crippen molar-refractivity contribution >= 4 is 0 Å². The summed E-state index contributed by atoms with van der Waals surface area (Å²) in [7, 11) is 4.48. The van der Waals surface area contributed by atoms with Gasteiger partial charge in [-0.25, -0.2) is 0 Å². The lowest BCUT2D eigenvalue weighted by Gasteiger charge is -2.48. The molecule has 0 aromatic heterocycles. The summed E-state index contributed by atoms with van der Waals surface area (Å²) in [5.74, 6) is 1.83. The van der Waals surface area contributed by atoms with Crippen molar-refractivity contribution in [3.8, 4) is 0 Å². The molecule has 0 amide bonds. The van der Waals surface area contributed by atoms with Crippen LogP contribution in [0.3, 0.4) is 0 Å². The van der Waals surface area contributed by atoms with E-state index in [0.717, 1.165) is 17.9 Å². The van der Waals surface area contributed by atoms with Gasteiger partial charge in [0.25, 0.3) is 0 Å². The molecule has 0 radical (unpaired) electrons. The molecule has 3 atom stereocenters. The van der Waals surface area contributed by atoms with Crippen molar-refractivity contribution in [3.63, 3.8) is 0 Å². The predicted octanol–water partition coefficient (Wildman–Crippen LogP) is 2.89. The van der Waals surface area contributed by atoms with Gasteiger partial charge in [0.1, 0.15) is 0 Å². The van der Waals surface area contributed by atoms with E-state index >= 15 is 0 Å². The Balaban J connectivity index is 1.78. The van der Waals surface area contributed by atoms with Crippen LogP contribution < -0.4 is 5.32 Å². The zero-order valence-electron chi connectivity index (χ0n) is 12.1. The number of likely N-dealkylation sites (N-methyl/N-ethyl adjacent to an activating group) is 1. The standard InChI is InChI=1S/C15H30N2/c1-12-6-7-14(10-13(12)2)16-11-15(17(3)4)8-5-9-15/h12-14,16H,5-11H2,1-4H3. The minimum Gasteiger partial charge on any atom is -0.312 e. The van der Waals surface area contributed by atoms with Gasteiger partial charge in [-0.15, -0.1) is 0 Å². The zero-order valence-corrected chi connectivity index (χ0v) is 12.1. The SMILES string of the molecule is CC1CCC(NCC2(N(C)C)CCC2)CC1C. The van der Waals surface area contributed by atoms with E-state index in [4.69, 9.17) is 0 Å². The maximum absolute atomic E-state index is 3.86. The average molecular weight is 238 g/mol. The molecule has 17 heavy (non-hydrogen) atoms. The summed E-state index contributed by atoms with van der Waals surface area (Å²) >= 11 is 0. The van der Waals surface area contributed by atoms with Crippen LogP contribution in [-0.2, 0) is 0 Å². The smallest absolute Gasteiger partial charge is 0.0328 e. The Bertz CT molecular complexity index is 245. The summed E-state index contributed by atoms with van der Waals surface area (Å²) < 4.78 is 0.